The molecule has 1 nitrogen and oxygen atoms in total. The van der Waals surface area contributed by atoms with Crippen LogP contribution in [0.3, 0.4) is 0 Å². The van der Waals surface area contributed by atoms with Gasteiger partial charge in [-0.15, -0.1) is 0 Å². The van der Waals surface area contributed by atoms with E-state index >= 15 is 0 Å². The van der Waals surface area contributed by atoms with Crippen LogP contribution in [-0.4, -0.2) is 11.9 Å². The van der Waals surface area contributed by atoms with Crippen LogP contribution in [0, 0.1) is 0 Å². The molecule has 0 fully saturated rings. The molecule has 0 unspecified atom stereocenters. The van der Waals surface area contributed by atoms with E-state index in [1.165, 1.54) is 11.0 Å². The number of aromatic amines is 1. The molecule has 0 saturated heterocycles. The minimum absolute atomic E-state index is 0.212. The number of aromatic nitrogens is 1. The SMILES string of the molecule is C=Cc1b[nH]cc1C(C)(C)C. The van der Waals surface area contributed by atoms with E-state index in [0.717, 1.165) is 0 Å². The summed E-state index contributed by atoms with van der Waals surface area (Å²) in [6.45, 7) is 10.4. The van der Waals surface area contributed by atoms with E-state index in [9.17, 15) is 0 Å². The molecule has 1 N–H and O–H groups in total. The molecule has 58 valence electrons. The monoisotopic (exact) mass is 147 g/mol. The molecule has 1 heterocycles. The molecule has 0 bridgehead atoms. The van der Waals surface area contributed by atoms with Gasteiger partial charge in [-0.3, -0.25) is 0 Å². The van der Waals surface area contributed by atoms with Gasteiger partial charge in [-0.25, -0.2) is 0 Å². The summed E-state index contributed by atoms with van der Waals surface area (Å²) < 4.78 is 0. The molecule has 0 saturated carbocycles. The number of H-pyrrole nitrogens is 1. The van der Waals surface area contributed by atoms with Gasteiger partial charge in [-0.05, 0) is 0 Å². The Balaban J connectivity index is 3.12. The van der Waals surface area contributed by atoms with Crippen molar-refractivity contribution in [2.45, 2.75) is 26.2 Å². The zero-order chi connectivity index (χ0) is 8.48. The second-order valence-electron chi connectivity index (χ2n) is 3.78. The standard InChI is InChI=1S/C9H14BN/c1-5-8-7(6-11-10-8)9(2,3)4/h5-6,11H,1H2,2-4H3. The number of hydrogen-bond donors (Lipinski definition) is 1. The summed E-state index contributed by atoms with van der Waals surface area (Å²) in [6.07, 6.45) is 3.92. The van der Waals surface area contributed by atoms with E-state index in [1.54, 1.807) is 0 Å². The maximum absolute atomic E-state index is 3.76. The predicted molar refractivity (Wildman–Crippen MR) is 50.9 cm³/mol. The molecule has 1 rings (SSSR count). The third-order valence-electron chi connectivity index (χ3n) is 1.81. The number of nitrogens with one attached hydrogen (secondary N) is 1. The molecule has 0 aromatic carbocycles. The van der Waals surface area contributed by atoms with Crippen molar-refractivity contribution in [1.82, 2.24) is 4.89 Å². The first-order valence-electron chi connectivity index (χ1n) is 3.85. The van der Waals surface area contributed by atoms with Gasteiger partial charge in [0.2, 0.25) is 0 Å². The molecule has 1 aromatic heterocycles. The van der Waals surface area contributed by atoms with Gasteiger partial charge >= 0.3 is 68.0 Å². The number of hydrogen-bond acceptors (Lipinski definition) is 0. The topological polar surface area (TPSA) is 15.8 Å². The molecule has 0 aliphatic heterocycles. The summed E-state index contributed by atoms with van der Waals surface area (Å²) in [5.41, 5.74) is 2.74. The van der Waals surface area contributed by atoms with Crippen molar-refractivity contribution >= 4 is 13.1 Å². The molecular weight excluding hydrogens is 133 g/mol. The Morgan fingerprint density at radius 3 is 2.55 bits per heavy atom. The van der Waals surface area contributed by atoms with E-state index in [-0.39, 0.29) is 5.41 Å². The molecule has 0 aliphatic carbocycles. The van der Waals surface area contributed by atoms with Gasteiger partial charge in [0.05, 0.1) is 0 Å². The van der Waals surface area contributed by atoms with Gasteiger partial charge < -0.3 is 0 Å². The van der Waals surface area contributed by atoms with Crippen LogP contribution < -0.4 is 0 Å². The van der Waals surface area contributed by atoms with E-state index in [4.69, 9.17) is 0 Å². The van der Waals surface area contributed by atoms with Crippen LogP contribution in [0.4, 0.5) is 0 Å². The van der Waals surface area contributed by atoms with Crippen molar-refractivity contribution in [1.29, 1.82) is 0 Å². The molecular formula is C9H14BN. The molecule has 11 heavy (non-hydrogen) atoms. The first-order valence-corrected chi connectivity index (χ1v) is 3.85. The van der Waals surface area contributed by atoms with Crippen LogP contribution in [0.15, 0.2) is 12.8 Å². The first kappa shape index (κ1) is 8.31. The van der Waals surface area contributed by atoms with E-state index in [2.05, 4.69) is 32.2 Å². The van der Waals surface area contributed by atoms with Gasteiger partial charge in [-0.1, -0.05) is 0 Å². The molecule has 0 radical (unpaired) electrons. The molecule has 1 aromatic rings. The fraction of sp³-hybridized carbons (Fsp3) is 0.444. The third kappa shape index (κ3) is 1.62. The Morgan fingerprint density at radius 2 is 2.18 bits per heavy atom. The van der Waals surface area contributed by atoms with Crippen molar-refractivity contribution in [3.63, 3.8) is 0 Å². The van der Waals surface area contributed by atoms with Crippen molar-refractivity contribution in [3.05, 3.63) is 23.8 Å². The number of rotatable bonds is 1. The normalized spacial score (nSPS) is 11.2. The van der Waals surface area contributed by atoms with E-state index in [1.807, 2.05) is 19.3 Å². The van der Waals surface area contributed by atoms with Crippen LogP contribution >= 0.6 is 0 Å². The van der Waals surface area contributed by atoms with Gasteiger partial charge in [0.25, 0.3) is 0 Å². The zero-order valence-electron chi connectivity index (χ0n) is 7.44. The second kappa shape index (κ2) is 2.69. The Bertz CT molecular complexity index is 255. The van der Waals surface area contributed by atoms with Crippen molar-refractivity contribution in [3.8, 4) is 0 Å². The van der Waals surface area contributed by atoms with Crippen molar-refractivity contribution in [2.75, 3.05) is 0 Å². The Morgan fingerprint density at radius 1 is 1.55 bits per heavy atom. The van der Waals surface area contributed by atoms with E-state index < -0.39 is 0 Å². The summed E-state index contributed by atoms with van der Waals surface area (Å²) in [6, 6.07) is 0. The minimum atomic E-state index is 0.212. The molecule has 2 heteroatoms. The maximum atomic E-state index is 3.76. The molecule has 0 amide bonds. The van der Waals surface area contributed by atoms with Gasteiger partial charge in [-0.2, -0.15) is 0 Å². The molecule has 0 aliphatic rings. The van der Waals surface area contributed by atoms with Crippen LogP contribution in [0.1, 0.15) is 31.8 Å². The average Bonchev–Trinajstić information content (AvgIpc) is 2.31. The van der Waals surface area contributed by atoms with Gasteiger partial charge in [0.15, 0.2) is 0 Å². The zero-order valence-corrected chi connectivity index (χ0v) is 7.44. The average molecular weight is 147 g/mol. The predicted octanol–water partition coefficient (Wildman–Crippen LogP) is 2.29. The molecule has 0 spiro atoms. The summed E-state index contributed by atoms with van der Waals surface area (Å²) in [5, 5.41) is 0. The Labute approximate surface area is 68.8 Å². The Kier molecular flexibility index (Phi) is 2.03. The van der Waals surface area contributed by atoms with Crippen molar-refractivity contribution < 1.29 is 0 Å². The summed E-state index contributed by atoms with van der Waals surface area (Å²) >= 11 is 0. The molecule has 0 atom stereocenters. The van der Waals surface area contributed by atoms with E-state index in [0.29, 0.717) is 0 Å². The summed E-state index contributed by atoms with van der Waals surface area (Å²) in [5.74, 6) is 0. The second-order valence-corrected chi connectivity index (χ2v) is 3.78. The fourth-order valence-corrected chi connectivity index (χ4v) is 1.19. The van der Waals surface area contributed by atoms with Crippen molar-refractivity contribution in [2.24, 2.45) is 0 Å². The van der Waals surface area contributed by atoms with Gasteiger partial charge in [0.1, 0.15) is 0 Å². The van der Waals surface area contributed by atoms with Gasteiger partial charge in [0, 0.05) is 0 Å². The van der Waals surface area contributed by atoms with Crippen LogP contribution in [-0.2, 0) is 5.41 Å². The van der Waals surface area contributed by atoms with Crippen LogP contribution in [0.5, 0.6) is 0 Å². The van der Waals surface area contributed by atoms with Crippen LogP contribution in [0.2, 0.25) is 0 Å². The first-order chi connectivity index (χ1) is 5.05. The quantitative estimate of drug-likeness (QED) is 0.627. The summed E-state index contributed by atoms with van der Waals surface area (Å²) in [7, 11) is 1.98. The van der Waals surface area contributed by atoms with Crippen LogP contribution in [0.25, 0.3) is 6.08 Å². The fourth-order valence-electron chi connectivity index (χ4n) is 1.19. The summed E-state index contributed by atoms with van der Waals surface area (Å²) in [4.78, 5) is 3.08. The Hall–Kier alpha value is -0.785. The third-order valence-corrected chi connectivity index (χ3v) is 1.81.